The number of piperazine rings is 1. The Balaban J connectivity index is 1.24. The number of likely N-dealkylation sites (tertiary alicyclic amines) is 1. The Labute approximate surface area is 263 Å². The molecule has 9 nitrogen and oxygen atoms in total. The number of halogens is 3. The van der Waals surface area contributed by atoms with Crippen LogP contribution in [0.4, 0.5) is 24.5 Å². The molecule has 1 amide bonds. The van der Waals surface area contributed by atoms with Gasteiger partial charge in [0.05, 0.1) is 29.2 Å². The number of fused-ring (bicyclic) bond motifs is 1. The van der Waals surface area contributed by atoms with Crippen molar-refractivity contribution in [2.75, 3.05) is 76.3 Å². The third-order valence-corrected chi connectivity index (χ3v) is 9.51. The number of alkyl halides is 3. The highest BCUT2D eigenvalue weighted by Gasteiger charge is 2.30. The van der Waals surface area contributed by atoms with Crippen molar-refractivity contribution in [2.45, 2.75) is 36.5 Å². The minimum Gasteiger partial charge on any atom is -0.382 e. The molecular formula is C32H41F3N6O3S. The zero-order chi connectivity index (χ0) is 32.2. The van der Waals surface area contributed by atoms with E-state index < -0.39 is 23.3 Å². The standard InChI is InChI=1S/C32H41F3N6O3S/c1-38-17-19-40(20-18-38)31(42)22-39-15-12-25(13-16-39)37-29-6-3-7-30-28(29)21-26(41(30)23-32(33,34)35)5-4-14-36-24-8-10-27(11-9-24)45(2,43)44/h3,6-11,21,25,36-37,43-44H,12-20,22-23H2,1-2H3. The lowest BCUT2D eigenvalue weighted by Gasteiger charge is -2.36. The van der Waals surface area contributed by atoms with Gasteiger partial charge in [-0.1, -0.05) is 12.0 Å². The topological polar surface area (TPSA) is 96.2 Å². The highest BCUT2D eigenvalue weighted by molar-refractivity contribution is 8.23. The van der Waals surface area contributed by atoms with Crippen molar-refractivity contribution in [3.63, 3.8) is 0 Å². The second-order valence-electron chi connectivity index (χ2n) is 11.9. The second kappa shape index (κ2) is 13.9. The van der Waals surface area contributed by atoms with Gasteiger partial charge in [-0.25, -0.2) is 0 Å². The van der Waals surface area contributed by atoms with Gasteiger partial charge in [-0.05, 0) is 68.3 Å². The minimum absolute atomic E-state index is 0.137. The number of hydrogen-bond donors (Lipinski definition) is 4. The van der Waals surface area contributed by atoms with Crippen molar-refractivity contribution in [3.8, 4) is 11.8 Å². The molecule has 13 heteroatoms. The molecule has 2 aliphatic heterocycles. The van der Waals surface area contributed by atoms with Gasteiger partial charge in [0, 0.05) is 68.3 Å². The molecular weight excluding hydrogens is 605 g/mol. The number of benzene rings is 2. The fraction of sp³-hybridized carbons (Fsp3) is 0.469. The Morgan fingerprint density at radius 1 is 1.02 bits per heavy atom. The van der Waals surface area contributed by atoms with Crippen molar-refractivity contribution in [1.29, 1.82) is 0 Å². The van der Waals surface area contributed by atoms with Crippen LogP contribution < -0.4 is 10.6 Å². The molecule has 4 N–H and O–H groups in total. The van der Waals surface area contributed by atoms with Crippen LogP contribution in [0.3, 0.4) is 0 Å². The van der Waals surface area contributed by atoms with Gasteiger partial charge < -0.3 is 25.0 Å². The molecule has 1 aromatic heterocycles. The Morgan fingerprint density at radius 3 is 2.36 bits per heavy atom. The van der Waals surface area contributed by atoms with E-state index in [9.17, 15) is 27.1 Å². The normalized spacial score (nSPS) is 17.6. The minimum atomic E-state index is -4.42. The average molecular weight is 647 g/mol. The van der Waals surface area contributed by atoms with Gasteiger partial charge in [0.15, 0.2) is 0 Å². The summed E-state index contributed by atoms with van der Waals surface area (Å²) < 4.78 is 61.6. The number of nitrogens with one attached hydrogen (secondary N) is 2. The van der Waals surface area contributed by atoms with E-state index in [1.807, 2.05) is 11.0 Å². The molecule has 45 heavy (non-hydrogen) atoms. The molecule has 244 valence electrons. The number of aromatic nitrogens is 1. The third kappa shape index (κ3) is 8.86. The molecule has 2 fully saturated rings. The molecule has 0 unspecified atom stereocenters. The predicted octanol–water partition coefficient (Wildman–Crippen LogP) is 5.06. The zero-order valence-electron chi connectivity index (χ0n) is 25.6. The van der Waals surface area contributed by atoms with Gasteiger partial charge in [-0.15, -0.1) is 0 Å². The van der Waals surface area contributed by atoms with Gasteiger partial charge >= 0.3 is 6.18 Å². The molecule has 2 aromatic carbocycles. The van der Waals surface area contributed by atoms with Crippen molar-refractivity contribution >= 4 is 38.8 Å². The van der Waals surface area contributed by atoms with Crippen LogP contribution in [0.15, 0.2) is 53.4 Å². The van der Waals surface area contributed by atoms with Gasteiger partial charge in [0.25, 0.3) is 0 Å². The van der Waals surface area contributed by atoms with Crippen LogP contribution in [0.25, 0.3) is 10.9 Å². The first kappa shape index (κ1) is 33.0. The van der Waals surface area contributed by atoms with E-state index in [1.54, 1.807) is 42.5 Å². The third-order valence-electron chi connectivity index (χ3n) is 8.34. The summed E-state index contributed by atoms with van der Waals surface area (Å²) in [5.74, 6) is 6.01. The van der Waals surface area contributed by atoms with Gasteiger partial charge in [0.1, 0.15) is 6.54 Å². The summed E-state index contributed by atoms with van der Waals surface area (Å²) in [5.41, 5.74) is 2.20. The zero-order valence-corrected chi connectivity index (χ0v) is 26.4. The van der Waals surface area contributed by atoms with Gasteiger partial charge in [-0.2, -0.15) is 23.8 Å². The van der Waals surface area contributed by atoms with E-state index in [4.69, 9.17) is 0 Å². The monoisotopic (exact) mass is 646 g/mol. The summed E-state index contributed by atoms with van der Waals surface area (Å²) >= 11 is 0. The summed E-state index contributed by atoms with van der Waals surface area (Å²) in [7, 11) is -0.748. The van der Waals surface area contributed by atoms with E-state index in [0.717, 1.165) is 57.8 Å². The summed E-state index contributed by atoms with van der Waals surface area (Å²) in [6, 6.07) is 13.8. The molecule has 0 bridgehead atoms. The number of hydrogen-bond acceptors (Lipinski definition) is 7. The summed E-state index contributed by atoms with van der Waals surface area (Å²) in [4.78, 5) is 19.5. The fourth-order valence-corrected chi connectivity index (χ4v) is 6.43. The molecule has 0 spiro atoms. The molecule has 0 radical (unpaired) electrons. The molecule has 2 aliphatic rings. The first-order valence-corrected chi connectivity index (χ1v) is 17.0. The highest BCUT2D eigenvalue weighted by Crippen LogP contribution is 2.44. The van der Waals surface area contributed by atoms with E-state index >= 15 is 0 Å². The van der Waals surface area contributed by atoms with E-state index in [0.29, 0.717) is 28.0 Å². The predicted molar refractivity (Wildman–Crippen MR) is 174 cm³/mol. The van der Waals surface area contributed by atoms with Crippen LogP contribution in [-0.2, 0) is 11.3 Å². The van der Waals surface area contributed by atoms with Crippen LogP contribution in [0.5, 0.6) is 0 Å². The summed E-state index contributed by atoms with van der Waals surface area (Å²) in [6.07, 6.45) is -1.42. The highest BCUT2D eigenvalue weighted by atomic mass is 32.3. The lowest BCUT2D eigenvalue weighted by molar-refractivity contribution is -0.140. The van der Waals surface area contributed by atoms with E-state index in [-0.39, 0.29) is 24.2 Å². The number of piperidine rings is 1. The van der Waals surface area contributed by atoms with Gasteiger partial charge in [0.2, 0.25) is 5.91 Å². The quantitative estimate of drug-likeness (QED) is 0.254. The first-order chi connectivity index (χ1) is 21.4. The lowest BCUT2D eigenvalue weighted by atomic mass is 10.0. The van der Waals surface area contributed by atoms with Crippen LogP contribution >= 0.6 is 10.6 Å². The first-order valence-electron chi connectivity index (χ1n) is 15.1. The van der Waals surface area contributed by atoms with Gasteiger partial charge in [-0.3, -0.25) is 18.8 Å². The summed E-state index contributed by atoms with van der Waals surface area (Å²) in [6.45, 7) is 4.32. The second-order valence-corrected chi connectivity index (χ2v) is 14.0. The van der Waals surface area contributed by atoms with Crippen LogP contribution in [0.2, 0.25) is 0 Å². The Morgan fingerprint density at radius 2 is 1.71 bits per heavy atom. The van der Waals surface area contributed by atoms with Crippen LogP contribution in [-0.4, -0.2) is 112 Å². The lowest BCUT2D eigenvalue weighted by Crippen LogP contribution is -2.51. The fourth-order valence-electron chi connectivity index (χ4n) is 5.78. The Bertz CT molecular complexity index is 1530. The maximum atomic E-state index is 13.6. The number of anilines is 2. The van der Waals surface area contributed by atoms with Crippen LogP contribution in [0.1, 0.15) is 18.5 Å². The van der Waals surface area contributed by atoms with Crippen LogP contribution in [0, 0.1) is 11.8 Å². The molecule has 2 saturated heterocycles. The molecule has 0 saturated carbocycles. The largest absolute Gasteiger partial charge is 0.406 e. The summed E-state index contributed by atoms with van der Waals surface area (Å²) in [5, 5.41) is 7.33. The van der Waals surface area contributed by atoms with E-state index in [1.165, 1.54) is 10.8 Å². The van der Waals surface area contributed by atoms with Crippen molar-refractivity contribution in [3.05, 3.63) is 54.2 Å². The molecule has 0 atom stereocenters. The number of rotatable bonds is 8. The Kier molecular flexibility index (Phi) is 10.2. The smallest absolute Gasteiger partial charge is 0.382 e. The maximum absolute atomic E-state index is 13.6. The SMILES string of the molecule is CN1CCN(C(=O)CN2CCC(Nc3cccc4c3cc(C#CCNc3ccc(S(C)(O)O)cc3)n4CC(F)(F)F)CC2)CC1. The van der Waals surface area contributed by atoms with Crippen molar-refractivity contribution in [1.82, 2.24) is 19.3 Å². The maximum Gasteiger partial charge on any atom is 0.406 e. The van der Waals surface area contributed by atoms with Crippen molar-refractivity contribution in [2.24, 2.45) is 0 Å². The molecule has 3 heterocycles. The number of amides is 1. The number of likely N-dealkylation sites (N-methyl/N-ethyl adjacent to an activating group) is 1. The van der Waals surface area contributed by atoms with E-state index in [2.05, 4.69) is 39.3 Å². The molecule has 3 aromatic rings. The average Bonchev–Trinajstić information content (AvgIpc) is 3.33. The number of carbonyl (C=O) groups is 1. The molecule has 0 aliphatic carbocycles. The number of nitrogens with zero attached hydrogens (tertiary/aromatic N) is 4. The Hall–Kier alpha value is -3.41. The van der Waals surface area contributed by atoms with Crippen molar-refractivity contribution < 1.29 is 27.1 Å². The molecule has 5 rings (SSSR count). The number of carbonyl (C=O) groups excluding carboxylic acids is 1.